The van der Waals surface area contributed by atoms with Gasteiger partial charge >= 0.3 is 6.03 Å². The van der Waals surface area contributed by atoms with Gasteiger partial charge in [-0.2, -0.15) is 0 Å². The zero-order valence-corrected chi connectivity index (χ0v) is 17.8. The molecule has 0 fully saturated rings. The molecule has 1 aliphatic rings. The number of guanidine groups is 1. The summed E-state index contributed by atoms with van der Waals surface area (Å²) in [6.07, 6.45) is 7.33. The number of carbonyl (C=O) groups is 4. The van der Waals surface area contributed by atoms with Crippen LogP contribution in [0.1, 0.15) is 26.2 Å². The molecule has 0 bridgehead atoms. The summed E-state index contributed by atoms with van der Waals surface area (Å²) in [6, 6.07) is -2.81. The molecule has 31 heavy (non-hydrogen) atoms. The fourth-order valence-corrected chi connectivity index (χ4v) is 2.62. The molecule has 172 valence electrons. The lowest BCUT2D eigenvalue weighted by Gasteiger charge is -2.22. The lowest BCUT2D eigenvalue weighted by Crippen LogP contribution is -2.55. The third-order valence-corrected chi connectivity index (χ3v) is 4.22. The maximum absolute atomic E-state index is 12.8. The average molecular weight is 437 g/mol. The number of urea groups is 1. The summed E-state index contributed by atoms with van der Waals surface area (Å²) in [4.78, 5) is 52.7. The highest BCUT2D eigenvalue weighted by Crippen LogP contribution is 2.02. The first-order valence-corrected chi connectivity index (χ1v) is 10.00. The van der Waals surface area contributed by atoms with E-state index in [1.165, 1.54) is 13.1 Å². The quantitative estimate of drug-likeness (QED) is 0.104. The van der Waals surface area contributed by atoms with Gasteiger partial charge in [-0.15, -0.1) is 0 Å². The van der Waals surface area contributed by atoms with Crippen LogP contribution in [0.4, 0.5) is 4.79 Å². The van der Waals surface area contributed by atoms with Crippen molar-refractivity contribution in [2.75, 3.05) is 20.1 Å². The van der Waals surface area contributed by atoms with Gasteiger partial charge in [0, 0.05) is 32.3 Å². The SMILES string of the molecule is CNC(=O)NC(CCCN=C(N)N)C(=O)NC1C=CCCNC(=O)C=CC(C)NC1=O. The van der Waals surface area contributed by atoms with Crippen LogP contribution in [0.15, 0.2) is 29.3 Å². The molecule has 9 N–H and O–H groups in total. The Balaban J connectivity index is 2.88. The zero-order chi connectivity index (χ0) is 23.2. The van der Waals surface area contributed by atoms with Crippen molar-refractivity contribution in [2.45, 2.75) is 44.3 Å². The fourth-order valence-electron chi connectivity index (χ4n) is 2.62. The minimum absolute atomic E-state index is 0.0605. The molecule has 0 aromatic rings. The Labute approximate surface area is 181 Å². The number of hydrogen-bond acceptors (Lipinski definition) is 5. The second-order valence-corrected chi connectivity index (χ2v) is 6.88. The van der Waals surface area contributed by atoms with E-state index < -0.39 is 36.0 Å². The van der Waals surface area contributed by atoms with E-state index in [2.05, 4.69) is 31.6 Å². The van der Waals surface area contributed by atoms with Crippen molar-refractivity contribution in [3.8, 4) is 0 Å². The van der Waals surface area contributed by atoms with E-state index in [0.717, 1.165) is 0 Å². The maximum Gasteiger partial charge on any atom is 0.315 e. The molecule has 5 amide bonds. The first-order chi connectivity index (χ1) is 14.7. The van der Waals surface area contributed by atoms with Crippen LogP contribution in [0.5, 0.6) is 0 Å². The third kappa shape index (κ3) is 10.7. The van der Waals surface area contributed by atoms with Crippen LogP contribution in [0.2, 0.25) is 0 Å². The maximum atomic E-state index is 12.8. The van der Waals surface area contributed by atoms with E-state index >= 15 is 0 Å². The molecule has 0 radical (unpaired) electrons. The molecule has 1 heterocycles. The van der Waals surface area contributed by atoms with Gasteiger partial charge in [0.1, 0.15) is 12.1 Å². The van der Waals surface area contributed by atoms with Crippen molar-refractivity contribution in [1.82, 2.24) is 26.6 Å². The van der Waals surface area contributed by atoms with Crippen LogP contribution >= 0.6 is 0 Å². The summed E-state index contributed by atoms with van der Waals surface area (Å²) in [5.74, 6) is -1.28. The summed E-state index contributed by atoms with van der Waals surface area (Å²) in [7, 11) is 1.43. The molecule has 0 aromatic heterocycles. The van der Waals surface area contributed by atoms with Crippen molar-refractivity contribution in [2.24, 2.45) is 16.5 Å². The second-order valence-electron chi connectivity index (χ2n) is 6.88. The lowest BCUT2D eigenvalue weighted by molar-refractivity contribution is -0.129. The van der Waals surface area contributed by atoms with Crippen LogP contribution in [-0.2, 0) is 14.4 Å². The van der Waals surface area contributed by atoms with Gasteiger partial charge in [0.15, 0.2) is 5.96 Å². The number of carbonyl (C=O) groups excluding carboxylic acids is 4. The van der Waals surface area contributed by atoms with Crippen LogP contribution < -0.4 is 38.1 Å². The number of amides is 5. The molecule has 0 aromatic carbocycles. The molecule has 1 rings (SSSR count). The van der Waals surface area contributed by atoms with E-state index in [1.54, 1.807) is 25.2 Å². The first-order valence-electron chi connectivity index (χ1n) is 10.00. The Kier molecular flexibility index (Phi) is 11.2. The van der Waals surface area contributed by atoms with Gasteiger partial charge < -0.3 is 38.1 Å². The Morgan fingerprint density at radius 2 is 2.03 bits per heavy atom. The van der Waals surface area contributed by atoms with Gasteiger partial charge in [-0.25, -0.2) is 4.79 Å². The summed E-state index contributed by atoms with van der Waals surface area (Å²) in [5, 5.41) is 13.0. The summed E-state index contributed by atoms with van der Waals surface area (Å²) in [5.41, 5.74) is 10.6. The highest BCUT2D eigenvalue weighted by Gasteiger charge is 2.25. The second kappa shape index (κ2) is 13.6. The van der Waals surface area contributed by atoms with Crippen LogP contribution in [0.3, 0.4) is 0 Å². The lowest BCUT2D eigenvalue weighted by atomic mass is 10.1. The van der Waals surface area contributed by atoms with Gasteiger partial charge in [-0.1, -0.05) is 18.2 Å². The van der Waals surface area contributed by atoms with E-state index in [0.29, 0.717) is 25.9 Å². The number of rotatable bonds is 7. The Morgan fingerprint density at radius 3 is 2.71 bits per heavy atom. The predicted octanol–water partition coefficient (Wildman–Crippen LogP) is -2.04. The normalized spacial score (nSPS) is 20.2. The number of nitrogens with two attached hydrogens (primary N) is 2. The fraction of sp³-hybridized carbons (Fsp3) is 0.526. The number of nitrogens with one attached hydrogen (secondary N) is 5. The van der Waals surface area contributed by atoms with Crippen molar-refractivity contribution < 1.29 is 19.2 Å². The van der Waals surface area contributed by atoms with Gasteiger partial charge in [0.25, 0.3) is 0 Å². The molecule has 1 aliphatic heterocycles. The summed E-state index contributed by atoms with van der Waals surface area (Å²) < 4.78 is 0. The molecule has 12 nitrogen and oxygen atoms in total. The van der Waals surface area contributed by atoms with Gasteiger partial charge in [0.2, 0.25) is 17.7 Å². The zero-order valence-electron chi connectivity index (χ0n) is 17.8. The van der Waals surface area contributed by atoms with E-state index in [9.17, 15) is 19.2 Å². The average Bonchev–Trinajstić information content (AvgIpc) is 2.71. The highest BCUT2D eigenvalue weighted by atomic mass is 16.2. The smallest absolute Gasteiger partial charge is 0.315 e. The molecule has 0 saturated heterocycles. The van der Waals surface area contributed by atoms with Crippen molar-refractivity contribution in [3.05, 3.63) is 24.3 Å². The van der Waals surface area contributed by atoms with Crippen LogP contribution in [0.25, 0.3) is 0 Å². The van der Waals surface area contributed by atoms with Crippen molar-refractivity contribution >= 4 is 29.7 Å². The molecular formula is C19H32N8O4. The van der Waals surface area contributed by atoms with E-state index in [1.807, 2.05) is 0 Å². The van der Waals surface area contributed by atoms with E-state index in [-0.39, 0.29) is 18.3 Å². The number of hydrogen-bond donors (Lipinski definition) is 7. The van der Waals surface area contributed by atoms with Crippen LogP contribution in [-0.4, -0.2) is 68.0 Å². The summed E-state index contributed by atoms with van der Waals surface area (Å²) in [6.45, 7) is 2.39. The first kappa shape index (κ1) is 25.5. The minimum atomic E-state index is -0.954. The molecule has 3 unspecified atom stereocenters. The Bertz CT molecular complexity index is 730. The minimum Gasteiger partial charge on any atom is -0.370 e. The van der Waals surface area contributed by atoms with Crippen molar-refractivity contribution in [3.63, 3.8) is 0 Å². The van der Waals surface area contributed by atoms with Crippen molar-refractivity contribution in [1.29, 1.82) is 0 Å². The topological polar surface area (TPSA) is 193 Å². The molecule has 0 aliphatic carbocycles. The van der Waals surface area contributed by atoms with Gasteiger partial charge in [-0.05, 0) is 26.2 Å². The molecule has 0 saturated carbocycles. The van der Waals surface area contributed by atoms with E-state index in [4.69, 9.17) is 11.5 Å². The van der Waals surface area contributed by atoms with Crippen LogP contribution in [0, 0.1) is 0 Å². The number of nitrogens with zero attached hydrogens (tertiary/aromatic N) is 1. The molecule has 0 spiro atoms. The standard InChI is InChI=1S/C19H32N8O4/c1-12-8-9-15(28)23-10-4-3-6-13(16(29)25-12)26-17(30)14(27-19(31)22-2)7-5-11-24-18(20)21/h3,6,8-9,12-14H,4-5,7,10-11H2,1-2H3,(H,23,28)(H,25,29)(H,26,30)(H4,20,21,24)(H2,22,27,31). The Morgan fingerprint density at radius 1 is 1.29 bits per heavy atom. The predicted molar refractivity (Wildman–Crippen MR) is 117 cm³/mol. The monoisotopic (exact) mass is 436 g/mol. The highest BCUT2D eigenvalue weighted by molar-refractivity contribution is 5.93. The van der Waals surface area contributed by atoms with Gasteiger partial charge in [-0.3, -0.25) is 19.4 Å². The van der Waals surface area contributed by atoms with Gasteiger partial charge in [0.05, 0.1) is 0 Å². The molecule has 3 atom stereocenters. The largest absolute Gasteiger partial charge is 0.370 e. The third-order valence-electron chi connectivity index (χ3n) is 4.22. The summed E-state index contributed by atoms with van der Waals surface area (Å²) >= 11 is 0. The number of aliphatic imine (C=N–C) groups is 1. The molecule has 12 heteroatoms. The molecular weight excluding hydrogens is 404 g/mol. The Hall–Kier alpha value is -3.57.